The number of nitrogens with zero attached hydrogens (tertiary/aromatic N) is 4. The van der Waals surface area contributed by atoms with E-state index in [1.165, 1.54) is 57.3 Å². The van der Waals surface area contributed by atoms with Crippen molar-refractivity contribution in [2.24, 2.45) is 17.6 Å². The zero-order chi connectivity index (χ0) is 37.4. The molecule has 1 aromatic heterocycles. The molecular formula is C44H67N7O3. The summed E-state index contributed by atoms with van der Waals surface area (Å²) in [5.74, 6) is 2.77. The molecule has 1 amide bonds. The summed E-state index contributed by atoms with van der Waals surface area (Å²) in [4.78, 5) is 26.9. The first-order chi connectivity index (χ1) is 26.3. The number of hydrogen-bond donors (Lipinski definition) is 4. The number of hydrogen-bond acceptors (Lipinski definition) is 8. The predicted octanol–water partition coefficient (Wildman–Crippen LogP) is 5.84. The van der Waals surface area contributed by atoms with Gasteiger partial charge in [-0.3, -0.25) is 4.79 Å². The van der Waals surface area contributed by atoms with Crippen molar-refractivity contribution >= 4 is 16.8 Å². The average molecular weight is 742 g/mol. The summed E-state index contributed by atoms with van der Waals surface area (Å²) in [5, 5.41) is 13.9. The highest BCUT2D eigenvalue weighted by atomic mass is 16.5. The molecule has 10 heteroatoms. The fourth-order valence-electron chi connectivity index (χ4n) is 9.60. The van der Waals surface area contributed by atoms with Crippen LogP contribution in [0.5, 0.6) is 11.5 Å². The molecule has 3 aromatic rings. The van der Waals surface area contributed by atoms with Gasteiger partial charge in [-0.25, -0.2) is 0 Å². The SMILES string of the molecule is C[C@H]1CN(CCN2CCC(N)CC2)CC[C@@H]1O.Cc1ccc(Oc2cccc3[nH]c(C(=O)NC4CCN(C[C@@H]5CCCN6CCCC[C@H]56)CC4)cc23)cc1. The van der Waals surface area contributed by atoms with E-state index in [0.29, 0.717) is 17.7 Å². The number of ether oxygens (including phenoxy) is 1. The number of aryl methyl sites for hydroxylation is 1. The van der Waals surface area contributed by atoms with E-state index < -0.39 is 0 Å². The Kier molecular flexibility index (Phi) is 13.6. The van der Waals surface area contributed by atoms with Crippen LogP contribution in [0, 0.1) is 18.8 Å². The van der Waals surface area contributed by atoms with Gasteiger partial charge in [-0.1, -0.05) is 37.1 Å². The van der Waals surface area contributed by atoms with Gasteiger partial charge in [0.15, 0.2) is 0 Å². The molecule has 6 heterocycles. The van der Waals surface area contributed by atoms with Crippen molar-refractivity contribution < 1.29 is 14.6 Å². The molecule has 54 heavy (non-hydrogen) atoms. The molecule has 5 aliphatic rings. The van der Waals surface area contributed by atoms with Gasteiger partial charge in [0, 0.05) is 74.8 Å². The lowest BCUT2D eigenvalue weighted by Gasteiger charge is -2.46. The van der Waals surface area contributed by atoms with E-state index in [1.807, 2.05) is 48.5 Å². The Morgan fingerprint density at radius 3 is 2.35 bits per heavy atom. The fraction of sp³-hybridized carbons (Fsp3) is 0.659. The lowest BCUT2D eigenvalue weighted by molar-refractivity contribution is 0.0304. The summed E-state index contributed by atoms with van der Waals surface area (Å²) in [6.45, 7) is 16.9. The van der Waals surface area contributed by atoms with Crippen LogP contribution in [0.15, 0.2) is 48.5 Å². The van der Waals surface area contributed by atoms with E-state index in [2.05, 4.69) is 43.7 Å². The summed E-state index contributed by atoms with van der Waals surface area (Å²) >= 11 is 0. The molecule has 5 aliphatic heterocycles. The number of nitrogens with one attached hydrogen (secondary N) is 2. The zero-order valence-corrected chi connectivity index (χ0v) is 33.1. The van der Waals surface area contributed by atoms with Gasteiger partial charge in [-0.15, -0.1) is 0 Å². The van der Waals surface area contributed by atoms with Crippen molar-refractivity contribution in [3.05, 3.63) is 59.8 Å². The first kappa shape index (κ1) is 39.3. The van der Waals surface area contributed by atoms with Gasteiger partial charge in [-0.2, -0.15) is 0 Å². The standard InChI is InChI=1S/C31H40N4O2.C13H27N3O/c1-22-10-12-25(13-11-22)37-30-9-4-7-27-26(30)20-28(33-27)31(36)32-24-14-18-34(19-15-24)21-23-6-5-17-35-16-3-2-8-29(23)35;1-11-10-16(7-4-13(11)17)9-8-15-5-2-12(14)3-6-15/h4,7,9-13,20,23-24,29,33H,2-3,5-6,8,14-19,21H2,1H3,(H,32,36);11-13,17H,2-10,14H2,1H3/t23-,29+;11-,13-/m00/s1. The molecule has 2 aromatic carbocycles. The van der Waals surface area contributed by atoms with Crippen LogP contribution in [-0.4, -0.2) is 132 Å². The third kappa shape index (κ3) is 10.4. The number of likely N-dealkylation sites (tertiary alicyclic amines) is 3. The highest BCUT2D eigenvalue weighted by molar-refractivity contribution is 5.99. The maximum Gasteiger partial charge on any atom is 0.267 e. The van der Waals surface area contributed by atoms with Crippen LogP contribution in [0.25, 0.3) is 10.9 Å². The quantitative estimate of drug-likeness (QED) is 0.217. The van der Waals surface area contributed by atoms with Gasteiger partial charge in [0.05, 0.1) is 6.10 Å². The van der Waals surface area contributed by atoms with E-state index in [4.69, 9.17) is 10.5 Å². The average Bonchev–Trinajstić information content (AvgIpc) is 3.64. The van der Waals surface area contributed by atoms with Crippen LogP contribution in [-0.2, 0) is 0 Å². The van der Waals surface area contributed by atoms with Crippen molar-refractivity contribution in [2.75, 3.05) is 72.0 Å². The summed E-state index contributed by atoms with van der Waals surface area (Å²) in [6, 6.07) is 17.3. The van der Waals surface area contributed by atoms with Crippen molar-refractivity contribution in [3.63, 3.8) is 0 Å². The Labute approximate surface area is 323 Å². The summed E-state index contributed by atoms with van der Waals surface area (Å²) in [6.07, 6.45) is 12.1. The molecule has 0 bridgehead atoms. The van der Waals surface area contributed by atoms with Gasteiger partial charge in [0.1, 0.15) is 17.2 Å². The van der Waals surface area contributed by atoms with E-state index in [1.54, 1.807) is 0 Å². The number of aromatic amines is 1. The second-order valence-corrected chi connectivity index (χ2v) is 17.2. The number of piperidine rings is 5. The van der Waals surface area contributed by atoms with E-state index >= 15 is 0 Å². The zero-order valence-electron chi connectivity index (χ0n) is 33.1. The summed E-state index contributed by atoms with van der Waals surface area (Å²) in [5.41, 5.74) is 8.61. The van der Waals surface area contributed by atoms with Gasteiger partial charge < -0.3 is 45.5 Å². The molecule has 5 saturated heterocycles. The van der Waals surface area contributed by atoms with Gasteiger partial charge >= 0.3 is 0 Å². The van der Waals surface area contributed by atoms with Crippen molar-refractivity contribution in [1.82, 2.24) is 29.9 Å². The normalized spacial score (nSPS) is 26.9. The molecule has 5 fully saturated rings. The largest absolute Gasteiger partial charge is 0.457 e. The number of aliphatic hydroxyl groups excluding tert-OH is 1. The number of amides is 1. The second-order valence-electron chi connectivity index (χ2n) is 17.2. The molecule has 296 valence electrons. The molecule has 8 rings (SSSR count). The van der Waals surface area contributed by atoms with Crippen LogP contribution in [0.2, 0.25) is 0 Å². The van der Waals surface area contributed by atoms with Crippen molar-refractivity contribution in [1.29, 1.82) is 0 Å². The molecule has 10 nitrogen and oxygen atoms in total. The second kappa shape index (κ2) is 18.8. The molecular weight excluding hydrogens is 675 g/mol. The maximum absolute atomic E-state index is 13.1. The van der Waals surface area contributed by atoms with Crippen molar-refractivity contribution in [3.8, 4) is 11.5 Å². The molecule has 0 spiro atoms. The number of benzene rings is 2. The van der Waals surface area contributed by atoms with E-state index in [9.17, 15) is 9.90 Å². The molecule has 4 atom stereocenters. The number of rotatable bonds is 9. The van der Waals surface area contributed by atoms with Crippen LogP contribution >= 0.6 is 0 Å². The minimum Gasteiger partial charge on any atom is -0.457 e. The lowest BCUT2D eigenvalue weighted by atomic mass is 9.83. The molecule has 0 saturated carbocycles. The summed E-state index contributed by atoms with van der Waals surface area (Å²) < 4.78 is 6.14. The number of carbonyl (C=O) groups excluding carboxylic acids is 1. The van der Waals surface area contributed by atoms with E-state index in [0.717, 1.165) is 119 Å². The van der Waals surface area contributed by atoms with Crippen LogP contribution < -0.4 is 15.8 Å². The topological polar surface area (TPSA) is 113 Å². The fourth-order valence-corrected chi connectivity index (χ4v) is 9.60. The molecule has 0 unspecified atom stereocenters. The van der Waals surface area contributed by atoms with Gasteiger partial charge in [0.2, 0.25) is 0 Å². The Morgan fingerprint density at radius 2 is 1.57 bits per heavy atom. The highest BCUT2D eigenvalue weighted by Gasteiger charge is 2.35. The highest BCUT2D eigenvalue weighted by Crippen LogP contribution is 2.33. The van der Waals surface area contributed by atoms with E-state index in [-0.39, 0.29) is 18.1 Å². The first-order valence-corrected chi connectivity index (χ1v) is 21.3. The van der Waals surface area contributed by atoms with Crippen LogP contribution in [0.1, 0.15) is 87.2 Å². The molecule has 5 N–H and O–H groups in total. The number of aliphatic hydroxyl groups is 1. The number of carbonyl (C=O) groups is 1. The Balaban J connectivity index is 0.000000222. The molecule has 0 aliphatic carbocycles. The third-order valence-corrected chi connectivity index (χ3v) is 13.1. The number of nitrogens with two attached hydrogens (primary N) is 1. The third-order valence-electron chi connectivity index (χ3n) is 13.1. The van der Waals surface area contributed by atoms with Crippen LogP contribution in [0.4, 0.5) is 0 Å². The Hall–Kier alpha value is -2.99. The summed E-state index contributed by atoms with van der Waals surface area (Å²) in [7, 11) is 0. The van der Waals surface area contributed by atoms with Crippen molar-refractivity contribution in [2.45, 2.75) is 102 Å². The predicted molar refractivity (Wildman–Crippen MR) is 218 cm³/mol. The first-order valence-electron chi connectivity index (χ1n) is 21.3. The monoisotopic (exact) mass is 742 g/mol. The Morgan fingerprint density at radius 1 is 0.852 bits per heavy atom. The van der Waals surface area contributed by atoms with Gasteiger partial charge in [0.25, 0.3) is 5.91 Å². The smallest absolute Gasteiger partial charge is 0.267 e. The minimum absolute atomic E-state index is 0.0268. The number of H-pyrrole nitrogens is 1. The Bertz CT molecular complexity index is 1610. The maximum atomic E-state index is 13.1. The number of fused-ring (bicyclic) bond motifs is 2. The lowest BCUT2D eigenvalue weighted by Crippen LogP contribution is -2.52. The van der Waals surface area contributed by atoms with Gasteiger partial charge in [-0.05, 0) is 133 Å². The minimum atomic E-state index is -0.0840. The van der Waals surface area contributed by atoms with Crippen LogP contribution in [0.3, 0.4) is 0 Å². The number of aromatic nitrogens is 1. The molecule has 0 radical (unpaired) electrons.